The van der Waals surface area contributed by atoms with Gasteiger partial charge in [0.15, 0.2) is 0 Å². The van der Waals surface area contributed by atoms with E-state index >= 15 is 0 Å². The molecule has 1 heterocycles. The first-order valence-electron chi connectivity index (χ1n) is 5.68. The van der Waals surface area contributed by atoms with E-state index < -0.39 is 0 Å². The van der Waals surface area contributed by atoms with E-state index in [-0.39, 0.29) is 11.9 Å². The molecule has 0 aromatic carbocycles. The Morgan fingerprint density at radius 3 is 2.93 bits per heavy atom. The maximum atomic E-state index is 11.3. The van der Waals surface area contributed by atoms with Gasteiger partial charge in [-0.05, 0) is 52.1 Å². The van der Waals surface area contributed by atoms with E-state index in [1.807, 2.05) is 13.8 Å². The topological polar surface area (TPSA) is 41.1 Å². The van der Waals surface area contributed by atoms with Crippen LogP contribution in [0.25, 0.3) is 0 Å². The molecule has 0 aromatic heterocycles. The van der Waals surface area contributed by atoms with Gasteiger partial charge in [0, 0.05) is 12.5 Å². The van der Waals surface area contributed by atoms with Crippen LogP contribution in [0.4, 0.5) is 0 Å². The maximum absolute atomic E-state index is 11.3. The summed E-state index contributed by atoms with van der Waals surface area (Å²) in [4.78, 5) is 11.3. The molecule has 0 spiro atoms. The van der Waals surface area contributed by atoms with Crippen LogP contribution < -0.4 is 10.6 Å². The Balaban J connectivity index is 1.99. The fourth-order valence-electron chi connectivity index (χ4n) is 1.91. The van der Waals surface area contributed by atoms with Crippen molar-refractivity contribution in [1.29, 1.82) is 0 Å². The third kappa shape index (κ3) is 4.61. The predicted octanol–water partition coefficient (Wildman–Crippen LogP) is 1.29. The molecule has 1 saturated heterocycles. The fraction of sp³-hybridized carbons (Fsp3) is 0.909. The Morgan fingerprint density at radius 2 is 2.36 bits per heavy atom. The number of amides is 1. The van der Waals surface area contributed by atoms with Crippen molar-refractivity contribution in [2.24, 2.45) is 5.92 Å². The van der Waals surface area contributed by atoms with Crippen LogP contribution in [0.3, 0.4) is 0 Å². The molecular formula is C11H22N2O. The number of carbonyl (C=O) groups excluding carboxylic acids is 1. The standard InChI is InChI=1S/C11H22N2O/c1-9(2)13-11(14)5-3-4-10-6-7-12-8-10/h9-10,12H,3-8H2,1-2H3,(H,13,14). The molecule has 0 aliphatic carbocycles. The number of hydrogen-bond donors (Lipinski definition) is 2. The molecule has 82 valence electrons. The van der Waals surface area contributed by atoms with Crippen LogP contribution in [-0.2, 0) is 4.79 Å². The summed E-state index contributed by atoms with van der Waals surface area (Å²) in [5.41, 5.74) is 0. The molecule has 1 rings (SSSR count). The first kappa shape index (κ1) is 11.5. The van der Waals surface area contributed by atoms with E-state index in [0.29, 0.717) is 6.42 Å². The molecule has 1 aliphatic heterocycles. The van der Waals surface area contributed by atoms with Crippen LogP contribution in [0.1, 0.15) is 39.5 Å². The van der Waals surface area contributed by atoms with E-state index in [2.05, 4.69) is 10.6 Å². The van der Waals surface area contributed by atoms with Gasteiger partial charge < -0.3 is 10.6 Å². The average molecular weight is 198 g/mol. The van der Waals surface area contributed by atoms with Crippen LogP contribution >= 0.6 is 0 Å². The summed E-state index contributed by atoms with van der Waals surface area (Å²) < 4.78 is 0. The van der Waals surface area contributed by atoms with E-state index in [0.717, 1.165) is 25.4 Å². The van der Waals surface area contributed by atoms with E-state index in [9.17, 15) is 4.79 Å². The third-order valence-electron chi connectivity index (χ3n) is 2.63. The molecule has 2 N–H and O–H groups in total. The summed E-state index contributed by atoms with van der Waals surface area (Å²) in [6.45, 7) is 6.30. The highest BCUT2D eigenvalue weighted by atomic mass is 16.1. The quantitative estimate of drug-likeness (QED) is 0.699. The molecule has 1 aliphatic rings. The predicted molar refractivity (Wildman–Crippen MR) is 58.1 cm³/mol. The molecule has 0 saturated carbocycles. The number of rotatable bonds is 5. The molecule has 1 fully saturated rings. The normalized spacial score (nSPS) is 21.5. The van der Waals surface area contributed by atoms with Crippen molar-refractivity contribution in [3.05, 3.63) is 0 Å². The zero-order chi connectivity index (χ0) is 10.4. The van der Waals surface area contributed by atoms with Crippen LogP contribution in [0.5, 0.6) is 0 Å². The first-order valence-corrected chi connectivity index (χ1v) is 5.68. The lowest BCUT2D eigenvalue weighted by Crippen LogP contribution is -2.29. The second-order valence-electron chi connectivity index (χ2n) is 4.47. The highest BCUT2D eigenvalue weighted by Gasteiger charge is 2.14. The van der Waals surface area contributed by atoms with Gasteiger partial charge in [-0.2, -0.15) is 0 Å². The fourth-order valence-corrected chi connectivity index (χ4v) is 1.91. The molecule has 0 aromatic rings. The average Bonchev–Trinajstić information content (AvgIpc) is 2.55. The third-order valence-corrected chi connectivity index (χ3v) is 2.63. The van der Waals surface area contributed by atoms with Gasteiger partial charge in [0.05, 0.1) is 0 Å². The Hall–Kier alpha value is -0.570. The smallest absolute Gasteiger partial charge is 0.220 e. The van der Waals surface area contributed by atoms with Crippen LogP contribution in [0, 0.1) is 5.92 Å². The summed E-state index contributed by atoms with van der Waals surface area (Å²) >= 11 is 0. The van der Waals surface area contributed by atoms with Gasteiger partial charge in [0.1, 0.15) is 0 Å². The molecule has 14 heavy (non-hydrogen) atoms. The molecule has 1 atom stereocenters. The number of carbonyl (C=O) groups is 1. The van der Waals surface area contributed by atoms with Crippen molar-refractivity contribution in [3.63, 3.8) is 0 Å². The van der Waals surface area contributed by atoms with Gasteiger partial charge in [-0.3, -0.25) is 4.79 Å². The van der Waals surface area contributed by atoms with Crippen LogP contribution in [0.15, 0.2) is 0 Å². The number of hydrogen-bond acceptors (Lipinski definition) is 2. The molecule has 0 radical (unpaired) electrons. The van der Waals surface area contributed by atoms with Gasteiger partial charge in [-0.1, -0.05) is 0 Å². The molecule has 3 heteroatoms. The first-order chi connectivity index (χ1) is 6.68. The van der Waals surface area contributed by atoms with Crippen molar-refractivity contribution >= 4 is 5.91 Å². The van der Waals surface area contributed by atoms with Gasteiger partial charge >= 0.3 is 0 Å². The summed E-state index contributed by atoms with van der Waals surface area (Å²) in [5.74, 6) is 1.01. The largest absolute Gasteiger partial charge is 0.354 e. The second kappa shape index (κ2) is 6.02. The Kier molecular flexibility index (Phi) is 4.94. The second-order valence-corrected chi connectivity index (χ2v) is 4.47. The van der Waals surface area contributed by atoms with Gasteiger partial charge in [-0.25, -0.2) is 0 Å². The molecule has 1 unspecified atom stereocenters. The lowest BCUT2D eigenvalue weighted by atomic mass is 10.0. The van der Waals surface area contributed by atoms with Gasteiger partial charge in [-0.15, -0.1) is 0 Å². The van der Waals surface area contributed by atoms with Crippen molar-refractivity contribution in [2.45, 2.75) is 45.6 Å². The van der Waals surface area contributed by atoms with Crippen molar-refractivity contribution in [2.75, 3.05) is 13.1 Å². The highest BCUT2D eigenvalue weighted by molar-refractivity contribution is 5.76. The van der Waals surface area contributed by atoms with E-state index in [4.69, 9.17) is 0 Å². The lowest BCUT2D eigenvalue weighted by Gasteiger charge is -2.09. The Labute approximate surface area is 86.6 Å². The molecule has 3 nitrogen and oxygen atoms in total. The minimum absolute atomic E-state index is 0.200. The van der Waals surface area contributed by atoms with Crippen LogP contribution in [-0.4, -0.2) is 25.0 Å². The molecular weight excluding hydrogens is 176 g/mol. The van der Waals surface area contributed by atoms with Gasteiger partial charge in [0.2, 0.25) is 5.91 Å². The Morgan fingerprint density at radius 1 is 1.57 bits per heavy atom. The lowest BCUT2D eigenvalue weighted by molar-refractivity contribution is -0.121. The van der Waals surface area contributed by atoms with Crippen molar-refractivity contribution in [1.82, 2.24) is 10.6 Å². The van der Waals surface area contributed by atoms with Crippen molar-refractivity contribution in [3.8, 4) is 0 Å². The van der Waals surface area contributed by atoms with E-state index in [1.165, 1.54) is 12.8 Å². The minimum Gasteiger partial charge on any atom is -0.354 e. The Bertz CT molecular complexity index is 174. The molecule has 1 amide bonds. The summed E-state index contributed by atoms with van der Waals surface area (Å²) in [5, 5.41) is 6.26. The summed E-state index contributed by atoms with van der Waals surface area (Å²) in [6.07, 6.45) is 4.20. The highest BCUT2D eigenvalue weighted by Crippen LogP contribution is 2.15. The van der Waals surface area contributed by atoms with Gasteiger partial charge in [0.25, 0.3) is 0 Å². The summed E-state index contributed by atoms with van der Waals surface area (Å²) in [7, 11) is 0. The summed E-state index contributed by atoms with van der Waals surface area (Å²) in [6, 6.07) is 0.274. The maximum Gasteiger partial charge on any atom is 0.220 e. The van der Waals surface area contributed by atoms with Crippen molar-refractivity contribution < 1.29 is 4.79 Å². The zero-order valence-corrected chi connectivity index (χ0v) is 9.31. The number of nitrogens with one attached hydrogen (secondary N) is 2. The minimum atomic E-state index is 0.200. The zero-order valence-electron chi connectivity index (χ0n) is 9.31. The van der Waals surface area contributed by atoms with E-state index in [1.54, 1.807) is 0 Å². The SMILES string of the molecule is CC(C)NC(=O)CCCC1CCNC1. The monoisotopic (exact) mass is 198 g/mol. The van der Waals surface area contributed by atoms with Crippen LogP contribution in [0.2, 0.25) is 0 Å². The molecule has 0 bridgehead atoms.